The largest absolute Gasteiger partial charge is 0.573 e. The Bertz CT molecular complexity index is 732. The zero-order chi connectivity index (χ0) is 17.6. The van der Waals surface area contributed by atoms with Gasteiger partial charge < -0.3 is 9.64 Å². The van der Waals surface area contributed by atoms with E-state index >= 15 is 0 Å². The van der Waals surface area contributed by atoms with E-state index in [1.807, 2.05) is 0 Å². The number of carbonyl (C=O) groups is 1. The van der Waals surface area contributed by atoms with Gasteiger partial charge in [-0.3, -0.25) is 4.79 Å². The van der Waals surface area contributed by atoms with E-state index in [1.165, 1.54) is 0 Å². The van der Waals surface area contributed by atoms with E-state index in [1.54, 1.807) is 0 Å². The average Bonchev–Trinajstić information content (AvgIpc) is 2.68. The number of rotatable bonds is 3. The fourth-order valence-electron chi connectivity index (χ4n) is 2.07. The van der Waals surface area contributed by atoms with Gasteiger partial charge in [0.2, 0.25) is 5.91 Å². The predicted octanol–water partition coefficient (Wildman–Crippen LogP) is 3.41. The highest BCUT2D eigenvalue weighted by Crippen LogP contribution is 2.41. The highest BCUT2D eigenvalue weighted by Gasteiger charge is 2.40. The van der Waals surface area contributed by atoms with Crippen molar-refractivity contribution in [1.29, 1.82) is 0 Å². The van der Waals surface area contributed by atoms with Crippen LogP contribution in [0.1, 0.15) is 6.42 Å². The van der Waals surface area contributed by atoms with Gasteiger partial charge in [0.25, 0.3) is 0 Å². The molecule has 0 aromatic heterocycles. The number of amides is 1. The number of alkyl halides is 3. The van der Waals surface area contributed by atoms with Crippen molar-refractivity contribution in [2.75, 3.05) is 11.4 Å². The molecule has 23 heavy (non-hydrogen) atoms. The summed E-state index contributed by atoms with van der Waals surface area (Å²) in [5.74, 6) is -1.34. The van der Waals surface area contributed by atoms with Crippen LogP contribution in [0, 0.1) is 0 Å². The smallest absolute Gasteiger partial charge is 0.406 e. The third-order valence-electron chi connectivity index (χ3n) is 2.98. The molecule has 1 aliphatic heterocycles. The zero-order valence-corrected chi connectivity index (χ0v) is 14.1. The van der Waals surface area contributed by atoms with Crippen LogP contribution in [-0.2, 0) is 15.0 Å². The molecule has 1 aromatic rings. The minimum absolute atomic E-state index is 0.0329. The van der Waals surface area contributed by atoms with Crippen molar-refractivity contribution in [3.8, 4) is 5.75 Å². The monoisotopic (exact) mass is 439 g/mol. The first-order valence-electron chi connectivity index (χ1n) is 5.87. The number of ether oxygens (including phenoxy) is 1. The molecule has 2 rings (SSSR count). The van der Waals surface area contributed by atoms with Crippen molar-refractivity contribution in [1.82, 2.24) is 0 Å². The number of nitrogens with zero attached hydrogens (tertiary/aromatic N) is 1. The molecule has 1 heterocycles. The van der Waals surface area contributed by atoms with Crippen LogP contribution in [0.25, 0.3) is 0 Å². The summed E-state index contributed by atoms with van der Waals surface area (Å²) in [6, 6.07) is 1.74. The number of halogens is 6. The summed E-state index contributed by atoms with van der Waals surface area (Å²) < 4.78 is 75.1. The Morgan fingerprint density at radius 1 is 1.35 bits per heavy atom. The molecule has 1 amide bonds. The molecule has 1 atom stereocenters. The summed E-state index contributed by atoms with van der Waals surface area (Å²) in [7, 11) is -4.93. The molecule has 12 heteroatoms. The maximum Gasteiger partial charge on any atom is 0.573 e. The van der Waals surface area contributed by atoms with Crippen LogP contribution in [0.5, 0.6) is 5.75 Å². The molecular formula is C11H7BrClF4NO4S. The predicted molar refractivity (Wildman–Crippen MR) is 76.6 cm³/mol. The van der Waals surface area contributed by atoms with Gasteiger partial charge in [-0.1, -0.05) is 11.6 Å². The van der Waals surface area contributed by atoms with E-state index < -0.39 is 46.5 Å². The van der Waals surface area contributed by atoms with Gasteiger partial charge in [0.05, 0.1) is 10.7 Å². The second-order valence-corrected chi connectivity index (χ2v) is 7.47. The summed E-state index contributed by atoms with van der Waals surface area (Å²) in [5.41, 5.74) is -0.0580. The first-order chi connectivity index (χ1) is 10.4. The van der Waals surface area contributed by atoms with E-state index in [9.17, 15) is 30.3 Å². The minimum atomic E-state index is -4.93. The van der Waals surface area contributed by atoms with Crippen molar-refractivity contribution in [3.63, 3.8) is 0 Å². The highest BCUT2D eigenvalue weighted by molar-refractivity contribution is 9.10. The molecule has 0 bridgehead atoms. The second-order valence-electron chi connectivity index (χ2n) is 4.59. The van der Waals surface area contributed by atoms with Crippen LogP contribution in [0.3, 0.4) is 0 Å². The van der Waals surface area contributed by atoms with E-state index in [2.05, 4.69) is 20.7 Å². The Morgan fingerprint density at radius 2 is 1.96 bits per heavy atom. The number of carbonyl (C=O) groups excluding carboxylic acids is 1. The van der Waals surface area contributed by atoms with Gasteiger partial charge in [-0.25, -0.2) is 0 Å². The molecule has 0 N–H and O–H groups in total. The van der Waals surface area contributed by atoms with Crippen LogP contribution in [0.15, 0.2) is 16.6 Å². The standard InChI is InChI=1S/C11H7BrClF4NO4S/c12-7-1-5(22-11(14,15)16)2-8(13)10(7)18-4-6(3-9(18)19)23(17,20)21/h1-2,6H,3-4H2. The van der Waals surface area contributed by atoms with E-state index in [0.29, 0.717) is 0 Å². The van der Waals surface area contributed by atoms with Crippen LogP contribution in [-0.4, -0.2) is 32.5 Å². The van der Waals surface area contributed by atoms with Gasteiger partial charge in [-0.2, -0.15) is 8.42 Å². The molecule has 5 nitrogen and oxygen atoms in total. The molecule has 1 fully saturated rings. The fourth-order valence-corrected chi connectivity index (χ4v) is 3.82. The van der Waals surface area contributed by atoms with Crippen LogP contribution in [0.4, 0.5) is 22.7 Å². The van der Waals surface area contributed by atoms with Crippen molar-refractivity contribution in [3.05, 3.63) is 21.6 Å². The van der Waals surface area contributed by atoms with Crippen LogP contribution < -0.4 is 9.64 Å². The van der Waals surface area contributed by atoms with Gasteiger partial charge in [0, 0.05) is 23.5 Å². The lowest BCUT2D eigenvalue weighted by atomic mass is 10.2. The highest BCUT2D eigenvalue weighted by atomic mass is 79.9. The Morgan fingerprint density at radius 3 is 2.39 bits per heavy atom. The topological polar surface area (TPSA) is 63.7 Å². The lowest BCUT2D eigenvalue weighted by molar-refractivity contribution is -0.274. The molecule has 0 aliphatic carbocycles. The second kappa shape index (κ2) is 6.10. The van der Waals surface area contributed by atoms with Gasteiger partial charge in [-0.05, 0) is 22.0 Å². The first kappa shape index (κ1) is 18.3. The third-order valence-corrected chi connectivity index (χ3v) is 4.99. The molecule has 1 saturated heterocycles. The summed E-state index contributed by atoms with van der Waals surface area (Å²) in [5, 5.41) is -1.84. The Labute approximate surface area is 141 Å². The molecule has 1 unspecified atom stereocenters. The first-order valence-corrected chi connectivity index (χ1v) is 8.49. The normalized spacial score (nSPS) is 19.3. The summed E-state index contributed by atoms with van der Waals surface area (Å²) in [6.45, 7) is -0.491. The number of benzene rings is 1. The molecule has 128 valence electrons. The number of hydrogen-bond donors (Lipinski definition) is 0. The van der Waals surface area contributed by atoms with Crippen LogP contribution in [0.2, 0.25) is 5.02 Å². The maximum absolute atomic E-state index is 13.0. The lowest BCUT2D eigenvalue weighted by Gasteiger charge is -2.20. The van der Waals surface area contributed by atoms with Gasteiger partial charge >= 0.3 is 16.6 Å². The van der Waals surface area contributed by atoms with Crippen molar-refractivity contribution in [2.24, 2.45) is 0 Å². The molecule has 0 spiro atoms. The minimum Gasteiger partial charge on any atom is -0.406 e. The molecule has 0 saturated carbocycles. The molecule has 0 radical (unpaired) electrons. The summed E-state index contributed by atoms with van der Waals surface area (Å²) in [6.07, 6.45) is -5.51. The SMILES string of the molecule is O=C1CC(S(=O)(=O)F)CN1c1c(Cl)cc(OC(F)(F)F)cc1Br. The third kappa shape index (κ3) is 4.27. The molecule has 1 aromatic carbocycles. The van der Waals surface area contributed by atoms with E-state index in [0.717, 1.165) is 17.0 Å². The lowest BCUT2D eigenvalue weighted by Crippen LogP contribution is -2.27. The summed E-state index contributed by atoms with van der Waals surface area (Å²) >= 11 is 8.80. The fraction of sp³-hybridized carbons (Fsp3) is 0.364. The van der Waals surface area contributed by atoms with Crippen LogP contribution >= 0.6 is 27.5 Å². The van der Waals surface area contributed by atoms with Crippen molar-refractivity contribution >= 4 is 49.3 Å². The molecular weight excluding hydrogens is 434 g/mol. The Hall–Kier alpha value is -1.07. The van der Waals surface area contributed by atoms with Gasteiger partial charge in [0.1, 0.15) is 11.0 Å². The Balaban J connectivity index is 2.36. The van der Waals surface area contributed by atoms with Crippen molar-refractivity contribution < 1.29 is 35.0 Å². The van der Waals surface area contributed by atoms with Gasteiger partial charge in [-0.15, -0.1) is 17.1 Å². The average molecular weight is 441 g/mol. The maximum atomic E-state index is 13.0. The van der Waals surface area contributed by atoms with Crippen molar-refractivity contribution in [2.45, 2.75) is 18.0 Å². The molecule has 1 aliphatic rings. The van der Waals surface area contributed by atoms with E-state index in [-0.39, 0.29) is 15.2 Å². The van der Waals surface area contributed by atoms with Gasteiger partial charge in [0.15, 0.2) is 0 Å². The zero-order valence-electron chi connectivity index (χ0n) is 10.9. The summed E-state index contributed by atoms with van der Waals surface area (Å²) in [4.78, 5) is 12.7. The Kier molecular flexibility index (Phi) is 4.84. The van der Waals surface area contributed by atoms with E-state index in [4.69, 9.17) is 11.6 Å². The quantitative estimate of drug-likeness (QED) is 0.534. The number of anilines is 1. The number of hydrogen-bond acceptors (Lipinski definition) is 4.